The molecule has 112 valence electrons. The van der Waals surface area contributed by atoms with E-state index < -0.39 is 11.8 Å². The van der Waals surface area contributed by atoms with E-state index in [4.69, 9.17) is 16.6 Å². The molecule has 0 aromatic heterocycles. The molecule has 0 heterocycles. The Morgan fingerprint density at radius 3 is 2.33 bits per heavy atom. The van der Waals surface area contributed by atoms with Crippen LogP contribution in [0.3, 0.4) is 0 Å². The number of carbonyl (C=O) groups is 2. The Balaban J connectivity index is 2.90. The number of carbonyl (C=O) groups excluding carboxylic acids is 2. The molecule has 0 aliphatic heterocycles. The lowest BCUT2D eigenvalue weighted by atomic mass is 10.1. The van der Waals surface area contributed by atoms with Crippen LogP contribution in [0.4, 0.5) is 0 Å². The maximum atomic E-state index is 11.0. The first-order chi connectivity index (χ1) is 10.0. The van der Waals surface area contributed by atoms with Crippen LogP contribution in [-0.2, 0) is 16.1 Å². The lowest BCUT2D eigenvalue weighted by molar-refractivity contribution is -0.122. The van der Waals surface area contributed by atoms with Crippen molar-refractivity contribution >= 4 is 11.8 Å². The number of primary amides is 2. The molecule has 1 rings (SSSR count). The fourth-order valence-corrected chi connectivity index (χ4v) is 1.84. The van der Waals surface area contributed by atoms with Gasteiger partial charge in [0.05, 0.1) is 19.7 Å². The second-order valence-electron chi connectivity index (χ2n) is 4.51. The molecular weight excluding hydrogens is 270 g/mol. The molecule has 2 amide bonds. The van der Waals surface area contributed by atoms with E-state index in [9.17, 15) is 9.59 Å². The van der Waals surface area contributed by atoms with Gasteiger partial charge in [0.2, 0.25) is 11.8 Å². The van der Waals surface area contributed by atoms with Crippen LogP contribution in [0, 0.1) is 11.8 Å². The summed E-state index contributed by atoms with van der Waals surface area (Å²) in [6.07, 6.45) is 0.390. The Morgan fingerprint density at radius 1 is 1.14 bits per heavy atom. The average molecular weight is 289 g/mol. The van der Waals surface area contributed by atoms with Gasteiger partial charge >= 0.3 is 0 Å². The number of hydrogen-bond acceptors (Lipinski definition) is 4. The van der Waals surface area contributed by atoms with E-state index in [2.05, 4.69) is 11.8 Å². The maximum absolute atomic E-state index is 11.0. The van der Waals surface area contributed by atoms with E-state index in [0.29, 0.717) is 13.0 Å². The molecule has 1 aromatic rings. The largest absolute Gasteiger partial charge is 0.395 e. The second kappa shape index (κ2) is 8.74. The highest BCUT2D eigenvalue weighted by atomic mass is 16.2. The fourth-order valence-electron chi connectivity index (χ4n) is 1.84. The molecule has 0 aliphatic rings. The summed E-state index contributed by atoms with van der Waals surface area (Å²) in [5.74, 6) is 4.75. The summed E-state index contributed by atoms with van der Waals surface area (Å²) in [6, 6.07) is 7.39. The molecule has 0 saturated carbocycles. The van der Waals surface area contributed by atoms with Gasteiger partial charge in [-0.05, 0) is 11.6 Å². The van der Waals surface area contributed by atoms with Crippen LogP contribution in [0.1, 0.15) is 17.5 Å². The van der Waals surface area contributed by atoms with Crippen molar-refractivity contribution < 1.29 is 14.7 Å². The van der Waals surface area contributed by atoms with Gasteiger partial charge in [0, 0.05) is 18.5 Å². The topological polar surface area (TPSA) is 110 Å². The predicted octanol–water partition coefficient (Wildman–Crippen LogP) is -0.807. The van der Waals surface area contributed by atoms with Gasteiger partial charge < -0.3 is 16.6 Å². The quantitative estimate of drug-likeness (QED) is 0.570. The van der Waals surface area contributed by atoms with Crippen molar-refractivity contribution in [3.8, 4) is 11.8 Å². The molecule has 1 aromatic carbocycles. The Bertz CT molecular complexity index is 545. The van der Waals surface area contributed by atoms with Crippen molar-refractivity contribution in [3.63, 3.8) is 0 Å². The van der Waals surface area contributed by atoms with Crippen molar-refractivity contribution in [2.75, 3.05) is 19.7 Å². The lowest BCUT2D eigenvalue weighted by Crippen LogP contribution is -2.39. The van der Waals surface area contributed by atoms with E-state index in [1.165, 1.54) is 0 Å². The Labute approximate surface area is 123 Å². The summed E-state index contributed by atoms with van der Waals surface area (Å²) in [7, 11) is 0. The van der Waals surface area contributed by atoms with Gasteiger partial charge in [-0.15, -0.1) is 0 Å². The zero-order valence-electron chi connectivity index (χ0n) is 11.7. The third-order valence-corrected chi connectivity index (χ3v) is 2.63. The Morgan fingerprint density at radius 2 is 1.76 bits per heavy atom. The van der Waals surface area contributed by atoms with Gasteiger partial charge in [0.1, 0.15) is 0 Å². The zero-order chi connectivity index (χ0) is 15.7. The minimum Gasteiger partial charge on any atom is -0.395 e. The normalized spacial score (nSPS) is 10.0. The van der Waals surface area contributed by atoms with Crippen LogP contribution < -0.4 is 11.5 Å². The van der Waals surface area contributed by atoms with Crippen molar-refractivity contribution in [1.29, 1.82) is 0 Å². The molecule has 0 spiro atoms. The van der Waals surface area contributed by atoms with Crippen LogP contribution in [0.15, 0.2) is 24.3 Å². The first-order valence-electron chi connectivity index (χ1n) is 6.49. The van der Waals surface area contributed by atoms with Crippen LogP contribution in [0.25, 0.3) is 0 Å². The number of aliphatic hydroxyl groups excluding tert-OH is 1. The van der Waals surface area contributed by atoms with Crippen molar-refractivity contribution in [3.05, 3.63) is 35.4 Å². The van der Waals surface area contributed by atoms with Gasteiger partial charge in [-0.2, -0.15) is 0 Å². The summed E-state index contributed by atoms with van der Waals surface area (Å²) in [4.78, 5) is 23.7. The van der Waals surface area contributed by atoms with E-state index in [1.807, 2.05) is 24.3 Å². The first-order valence-corrected chi connectivity index (χ1v) is 6.49. The third-order valence-electron chi connectivity index (χ3n) is 2.63. The summed E-state index contributed by atoms with van der Waals surface area (Å²) < 4.78 is 0. The molecule has 0 saturated heterocycles. The SMILES string of the molecule is NC(=O)CN(CC(N)=O)Cc1ccccc1C#CCCO. The van der Waals surface area contributed by atoms with Gasteiger partial charge in [0.15, 0.2) is 0 Å². The molecule has 0 atom stereocenters. The highest BCUT2D eigenvalue weighted by Gasteiger charge is 2.13. The number of aliphatic hydroxyl groups is 1. The van der Waals surface area contributed by atoms with Crippen LogP contribution in [0.2, 0.25) is 0 Å². The second-order valence-corrected chi connectivity index (χ2v) is 4.51. The van der Waals surface area contributed by atoms with E-state index >= 15 is 0 Å². The van der Waals surface area contributed by atoms with Gasteiger partial charge in [-0.25, -0.2) is 0 Å². The molecule has 21 heavy (non-hydrogen) atoms. The summed E-state index contributed by atoms with van der Waals surface area (Å²) >= 11 is 0. The van der Waals surface area contributed by atoms with E-state index in [-0.39, 0.29) is 19.7 Å². The van der Waals surface area contributed by atoms with E-state index in [1.54, 1.807) is 4.90 Å². The molecule has 0 radical (unpaired) electrons. The number of hydrogen-bond donors (Lipinski definition) is 3. The molecular formula is C15H19N3O3. The molecule has 0 aliphatic carbocycles. The molecule has 0 unspecified atom stereocenters. The molecule has 5 N–H and O–H groups in total. The van der Waals surface area contributed by atoms with E-state index in [0.717, 1.165) is 11.1 Å². The third kappa shape index (κ3) is 6.56. The van der Waals surface area contributed by atoms with Gasteiger partial charge in [0.25, 0.3) is 0 Å². The zero-order valence-corrected chi connectivity index (χ0v) is 11.7. The number of benzene rings is 1. The van der Waals surface area contributed by atoms with Crippen molar-refractivity contribution in [1.82, 2.24) is 4.90 Å². The standard InChI is InChI=1S/C15H19N3O3/c16-14(20)10-18(11-15(17)21)9-13-7-2-1-5-12(13)6-3-4-8-19/h1-2,5,7,19H,4,8-11H2,(H2,16,20)(H2,17,21). The summed E-state index contributed by atoms with van der Waals surface area (Å²) in [5, 5.41) is 8.74. The van der Waals surface area contributed by atoms with Crippen molar-refractivity contribution in [2.24, 2.45) is 11.5 Å². The van der Waals surface area contributed by atoms with Crippen LogP contribution in [0.5, 0.6) is 0 Å². The first kappa shape index (κ1) is 16.7. The van der Waals surface area contributed by atoms with Gasteiger partial charge in [-0.3, -0.25) is 14.5 Å². The fraction of sp³-hybridized carbons (Fsp3) is 0.333. The highest BCUT2D eigenvalue weighted by Crippen LogP contribution is 2.10. The molecule has 6 nitrogen and oxygen atoms in total. The lowest BCUT2D eigenvalue weighted by Gasteiger charge is -2.19. The minimum atomic E-state index is -0.528. The Hall–Kier alpha value is -2.36. The number of rotatable bonds is 7. The van der Waals surface area contributed by atoms with Crippen LogP contribution >= 0.6 is 0 Å². The molecule has 0 bridgehead atoms. The number of nitrogens with zero attached hydrogens (tertiary/aromatic N) is 1. The molecule has 0 fully saturated rings. The Kier molecular flexibility index (Phi) is 6.95. The number of amides is 2. The molecule has 6 heteroatoms. The summed E-state index contributed by atoms with van der Waals surface area (Å²) in [6.45, 7) is 0.239. The number of nitrogens with two attached hydrogens (primary N) is 2. The monoisotopic (exact) mass is 289 g/mol. The smallest absolute Gasteiger partial charge is 0.231 e. The summed E-state index contributed by atoms with van der Waals surface area (Å²) in [5.41, 5.74) is 12.0. The maximum Gasteiger partial charge on any atom is 0.231 e. The van der Waals surface area contributed by atoms with Gasteiger partial charge in [-0.1, -0.05) is 30.0 Å². The highest BCUT2D eigenvalue weighted by molar-refractivity contribution is 5.79. The predicted molar refractivity (Wildman–Crippen MR) is 78.7 cm³/mol. The minimum absolute atomic E-state index is 0.00461. The van der Waals surface area contributed by atoms with Crippen molar-refractivity contribution in [2.45, 2.75) is 13.0 Å². The average Bonchev–Trinajstić information content (AvgIpc) is 2.39. The van der Waals surface area contributed by atoms with Crippen LogP contribution in [-0.4, -0.2) is 41.5 Å².